The third-order valence-corrected chi connectivity index (χ3v) is 3.45. The van der Waals surface area contributed by atoms with Gasteiger partial charge < -0.3 is 15.5 Å². The van der Waals surface area contributed by atoms with Gasteiger partial charge in [0.25, 0.3) is 0 Å². The second-order valence-corrected chi connectivity index (χ2v) is 5.54. The third-order valence-electron chi connectivity index (χ3n) is 3.45. The Labute approximate surface area is 133 Å². The monoisotopic (exact) mass is 310 g/mol. The summed E-state index contributed by atoms with van der Waals surface area (Å²) in [5.74, 6) is 0. The summed E-state index contributed by atoms with van der Waals surface area (Å²) in [5.41, 5.74) is 0.951. The van der Waals surface area contributed by atoms with Crippen molar-refractivity contribution in [2.24, 2.45) is 0 Å². The highest BCUT2D eigenvalue weighted by Gasteiger charge is 2.24. The van der Waals surface area contributed by atoms with E-state index in [9.17, 15) is 4.79 Å². The van der Waals surface area contributed by atoms with Gasteiger partial charge in [-0.15, -0.1) is 5.10 Å². The number of hydrogen-bond acceptors (Lipinski definition) is 4. The Balaban J connectivity index is 0.00000116. The molecule has 0 bridgehead atoms. The van der Waals surface area contributed by atoms with Crippen molar-refractivity contribution in [1.82, 2.24) is 30.5 Å². The van der Waals surface area contributed by atoms with E-state index >= 15 is 0 Å². The van der Waals surface area contributed by atoms with Crippen molar-refractivity contribution in [2.45, 2.75) is 59.2 Å². The molecule has 0 radical (unpaired) electrons. The SMILES string of the molecule is CC.CNCc1cn(C2CCN(C(=O)NC(C)C)CC2)nn1. The van der Waals surface area contributed by atoms with Gasteiger partial charge in [-0.25, -0.2) is 9.48 Å². The van der Waals surface area contributed by atoms with Gasteiger partial charge in [-0.2, -0.15) is 0 Å². The van der Waals surface area contributed by atoms with Crippen molar-refractivity contribution in [3.8, 4) is 0 Å². The zero-order valence-corrected chi connectivity index (χ0v) is 14.5. The number of carbonyl (C=O) groups is 1. The molecule has 0 spiro atoms. The summed E-state index contributed by atoms with van der Waals surface area (Å²) in [6.45, 7) is 10.2. The number of piperidine rings is 1. The molecule has 0 unspecified atom stereocenters. The summed E-state index contributed by atoms with van der Waals surface area (Å²) < 4.78 is 1.93. The highest BCUT2D eigenvalue weighted by atomic mass is 16.2. The second-order valence-electron chi connectivity index (χ2n) is 5.54. The maximum Gasteiger partial charge on any atom is 0.317 e. The first-order chi connectivity index (χ1) is 10.6. The number of aromatic nitrogens is 3. The van der Waals surface area contributed by atoms with E-state index in [2.05, 4.69) is 20.9 Å². The summed E-state index contributed by atoms with van der Waals surface area (Å²) in [4.78, 5) is 13.8. The molecule has 7 nitrogen and oxygen atoms in total. The van der Waals surface area contributed by atoms with Crippen LogP contribution in [0, 0.1) is 0 Å². The number of hydrogen-bond donors (Lipinski definition) is 2. The van der Waals surface area contributed by atoms with Gasteiger partial charge in [0, 0.05) is 25.7 Å². The molecule has 0 atom stereocenters. The first kappa shape index (κ1) is 18.4. The van der Waals surface area contributed by atoms with Crippen molar-refractivity contribution >= 4 is 6.03 Å². The first-order valence-electron chi connectivity index (χ1n) is 8.21. The molecule has 1 aliphatic rings. The lowest BCUT2D eigenvalue weighted by Crippen LogP contribution is -2.46. The lowest BCUT2D eigenvalue weighted by Gasteiger charge is -2.32. The fourth-order valence-corrected chi connectivity index (χ4v) is 2.43. The van der Waals surface area contributed by atoms with Gasteiger partial charge >= 0.3 is 6.03 Å². The van der Waals surface area contributed by atoms with E-state index in [-0.39, 0.29) is 12.1 Å². The zero-order valence-electron chi connectivity index (χ0n) is 14.5. The first-order valence-corrected chi connectivity index (χ1v) is 8.21. The van der Waals surface area contributed by atoms with Crippen LogP contribution in [0.4, 0.5) is 4.79 Å². The van der Waals surface area contributed by atoms with Crippen LogP contribution in [-0.2, 0) is 6.54 Å². The number of nitrogens with one attached hydrogen (secondary N) is 2. The Morgan fingerprint density at radius 3 is 2.55 bits per heavy atom. The average molecular weight is 310 g/mol. The minimum atomic E-state index is 0.0351. The summed E-state index contributed by atoms with van der Waals surface area (Å²) >= 11 is 0. The van der Waals surface area contributed by atoms with Crippen LogP contribution in [0.3, 0.4) is 0 Å². The molecule has 1 saturated heterocycles. The van der Waals surface area contributed by atoms with E-state index in [1.807, 2.05) is 50.5 Å². The molecule has 0 aromatic carbocycles. The molecule has 22 heavy (non-hydrogen) atoms. The number of amides is 2. The van der Waals surface area contributed by atoms with E-state index in [1.165, 1.54) is 0 Å². The number of rotatable bonds is 4. The highest BCUT2D eigenvalue weighted by Crippen LogP contribution is 2.21. The Morgan fingerprint density at radius 2 is 2.00 bits per heavy atom. The summed E-state index contributed by atoms with van der Waals surface area (Å²) in [7, 11) is 1.89. The number of nitrogens with zero attached hydrogens (tertiary/aromatic N) is 4. The quantitative estimate of drug-likeness (QED) is 0.889. The predicted molar refractivity (Wildman–Crippen MR) is 87.6 cm³/mol. The molecule has 126 valence electrons. The summed E-state index contributed by atoms with van der Waals surface area (Å²) in [5, 5.41) is 14.3. The molecule has 2 N–H and O–H groups in total. The van der Waals surface area contributed by atoms with Gasteiger partial charge in [-0.3, -0.25) is 0 Å². The molecule has 1 aromatic heterocycles. The molecule has 2 rings (SSSR count). The molecular formula is C15H30N6O. The molecule has 1 aliphatic heterocycles. The lowest BCUT2D eigenvalue weighted by atomic mass is 10.1. The van der Waals surface area contributed by atoms with Crippen LogP contribution < -0.4 is 10.6 Å². The van der Waals surface area contributed by atoms with Crippen LogP contribution in [0.2, 0.25) is 0 Å². The minimum absolute atomic E-state index is 0.0351. The molecule has 7 heteroatoms. The molecule has 2 heterocycles. The maximum atomic E-state index is 11.9. The standard InChI is InChI=1S/C13H24N6O.C2H6/c1-10(2)15-13(20)18-6-4-12(5-7-18)19-9-11(8-14-3)16-17-19;1-2/h9-10,12,14H,4-8H2,1-3H3,(H,15,20);1-2H3. The van der Waals surface area contributed by atoms with E-state index in [4.69, 9.17) is 0 Å². The van der Waals surface area contributed by atoms with E-state index in [0.29, 0.717) is 6.04 Å². The number of carbonyl (C=O) groups excluding carboxylic acids is 1. The van der Waals surface area contributed by atoms with Gasteiger partial charge in [0.2, 0.25) is 0 Å². The largest absolute Gasteiger partial charge is 0.336 e. The van der Waals surface area contributed by atoms with Crippen molar-refractivity contribution in [3.63, 3.8) is 0 Å². The van der Waals surface area contributed by atoms with Crippen LogP contribution in [-0.4, -0.2) is 52.1 Å². The Kier molecular flexibility index (Phi) is 7.87. The van der Waals surface area contributed by atoms with Gasteiger partial charge in [0.05, 0.1) is 17.9 Å². The molecular weight excluding hydrogens is 280 g/mol. The van der Waals surface area contributed by atoms with Gasteiger partial charge in [0.1, 0.15) is 0 Å². The van der Waals surface area contributed by atoms with E-state index in [1.54, 1.807) is 0 Å². The topological polar surface area (TPSA) is 75.1 Å². The normalized spacial score (nSPS) is 15.5. The summed E-state index contributed by atoms with van der Waals surface area (Å²) in [6.07, 6.45) is 3.84. The van der Waals surface area contributed by atoms with Crippen LogP contribution >= 0.6 is 0 Å². The molecule has 0 aliphatic carbocycles. The Morgan fingerprint density at radius 1 is 1.36 bits per heavy atom. The minimum Gasteiger partial charge on any atom is -0.336 e. The van der Waals surface area contributed by atoms with Gasteiger partial charge in [-0.05, 0) is 33.7 Å². The Bertz CT molecular complexity index is 437. The molecule has 2 amide bonds. The maximum absolute atomic E-state index is 11.9. The smallest absolute Gasteiger partial charge is 0.317 e. The third kappa shape index (κ3) is 5.29. The fourth-order valence-electron chi connectivity index (χ4n) is 2.43. The second kappa shape index (κ2) is 9.40. The van der Waals surface area contributed by atoms with Gasteiger partial charge in [-0.1, -0.05) is 19.1 Å². The number of likely N-dealkylation sites (tertiary alicyclic amines) is 1. The van der Waals surface area contributed by atoms with Crippen molar-refractivity contribution in [1.29, 1.82) is 0 Å². The van der Waals surface area contributed by atoms with Crippen molar-refractivity contribution < 1.29 is 4.79 Å². The van der Waals surface area contributed by atoms with Crippen molar-refractivity contribution in [2.75, 3.05) is 20.1 Å². The van der Waals surface area contributed by atoms with Crippen molar-refractivity contribution in [3.05, 3.63) is 11.9 Å². The summed E-state index contributed by atoms with van der Waals surface area (Å²) in [6, 6.07) is 0.559. The van der Waals surface area contributed by atoms with Crippen LogP contribution in [0.5, 0.6) is 0 Å². The van der Waals surface area contributed by atoms with Crippen LogP contribution in [0.25, 0.3) is 0 Å². The van der Waals surface area contributed by atoms with Crippen LogP contribution in [0.1, 0.15) is 52.3 Å². The van der Waals surface area contributed by atoms with E-state index < -0.39 is 0 Å². The average Bonchev–Trinajstić information content (AvgIpc) is 2.98. The molecule has 1 aromatic rings. The number of urea groups is 1. The predicted octanol–water partition coefficient (Wildman–Crippen LogP) is 1.78. The van der Waals surface area contributed by atoms with Crippen LogP contribution in [0.15, 0.2) is 6.20 Å². The Hall–Kier alpha value is -1.63. The van der Waals surface area contributed by atoms with Gasteiger partial charge in [0.15, 0.2) is 0 Å². The fraction of sp³-hybridized carbons (Fsp3) is 0.800. The highest BCUT2D eigenvalue weighted by molar-refractivity contribution is 5.74. The lowest BCUT2D eigenvalue weighted by molar-refractivity contribution is 0.166. The zero-order chi connectivity index (χ0) is 16.5. The molecule has 1 fully saturated rings. The molecule has 0 saturated carbocycles. The van der Waals surface area contributed by atoms with E-state index in [0.717, 1.165) is 38.2 Å².